The molecule has 1 aliphatic heterocycles. The molecule has 1 aromatic carbocycles. The molecular weight excluding hydrogens is 364 g/mol. The smallest absolute Gasteiger partial charge is 0.308 e. The third kappa shape index (κ3) is 3.64. The van der Waals surface area contributed by atoms with Crippen LogP contribution in [0.2, 0.25) is 0 Å². The second kappa shape index (κ2) is 7.36. The van der Waals surface area contributed by atoms with Crippen LogP contribution in [0.3, 0.4) is 0 Å². The largest absolute Gasteiger partial charge is 0.481 e. The number of hydrogen-bond acceptors (Lipinski definition) is 5. The number of aliphatic carboxylic acids is 1. The second-order valence-electron chi connectivity index (χ2n) is 6.59. The number of carbonyl (C=O) groups excluding carboxylic acids is 1. The van der Waals surface area contributed by atoms with Gasteiger partial charge >= 0.3 is 5.97 Å². The molecule has 0 bridgehead atoms. The van der Waals surface area contributed by atoms with Gasteiger partial charge in [0.2, 0.25) is 5.91 Å². The highest BCUT2D eigenvalue weighted by Crippen LogP contribution is 2.33. The number of likely N-dealkylation sites (tertiary alicyclic amines) is 1. The van der Waals surface area contributed by atoms with E-state index in [9.17, 15) is 14.7 Å². The molecule has 27 heavy (non-hydrogen) atoms. The Labute approximate surface area is 160 Å². The van der Waals surface area contributed by atoms with Crippen LogP contribution in [0.25, 0.3) is 10.6 Å². The zero-order valence-corrected chi connectivity index (χ0v) is 15.3. The lowest BCUT2D eigenvalue weighted by Gasteiger charge is -2.16. The Kier molecular flexibility index (Phi) is 4.77. The summed E-state index contributed by atoms with van der Waals surface area (Å²) in [5.41, 5.74) is 2.53. The normalized spacial score (nSPS) is 19.3. The number of rotatable bonds is 5. The summed E-state index contributed by atoms with van der Waals surface area (Å²) in [6.07, 6.45) is 3.37. The molecule has 1 aliphatic rings. The van der Waals surface area contributed by atoms with Crippen LogP contribution in [0.1, 0.15) is 17.2 Å². The summed E-state index contributed by atoms with van der Waals surface area (Å²) in [5, 5.41) is 12.3. The number of furan rings is 1. The minimum absolute atomic E-state index is 0.0938. The number of nitrogens with zero attached hydrogens (tertiary/aromatic N) is 2. The molecular formula is C20H18N2O4S. The van der Waals surface area contributed by atoms with Gasteiger partial charge in [0.1, 0.15) is 11.3 Å². The van der Waals surface area contributed by atoms with Gasteiger partial charge in [0.25, 0.3) is 0 Å². The standard InChI is InChI=1S/C20H18N2O4S/c23-18(8-15-12-27-19(21-15)14-6-7-26-11-14)22-9-16(17(10-22)20(24)25)13-4-2-1-3-5-13/h1-7,11-12,16-17H,8-10H2,(H,24,25)/t16-,17-/m1/s1. The predicted octanol–water partition coefficient (Wildman–Crippen LogP) is 3.27. The maximum atomic E-state index is 12.7. The van der Waals surface area contributed by atoms with Gasteiger partial charge in [-0.05, 0) is 11.6 Å². The zero-order valence-electron chi connectivity index (χ0n) is 14.4. The SMILES string of the molecule is O=C(O)[C@@H]1CN(C(=O)Cc2csc(-c3ccoc3)n2)C[C@@H]1c1ccccc1. The van der Waals surface area contributed by atoms with Crippen molar-refractivity contribution in [3.63, 3.8) is 0 Å². The van der Waals surface area contributed by atoms with E-state index in [0.29, 0.717) is 12.2 Å². The summed E-state index contributed by atoms with van der Waals surface area (Å²) in [4.78, 5) is 30.6. The van der Waals surface area contributed by atoms with Crippen molar-refractivity contribution in [2.24, 2.45) is 5.92 Å². The number of carbonyl (C=O) groups is 2. The quantitative estimate of drug-likeness (QED) is 0.732. The van der Waals surface area contributed by atoms with Gasteiger partial charge in [0, 0.05) is 30.0 Å². The van der Waals surface area contributed by atoms with E-state index in [1.54, 1.807) is 17.4 Å². The highest BCUT2D eigenvalue weighted by Gasteiger charge is 2.40. The average Bonchev–Trinajstić information content (AvgIpc) is 3.42. The molecule has 0 unspecified atom stereocenters. The number of thiazole rings is 1. The van der Waals surface area contributed by atoms with E-state index < -0.39 is 11.9 Å². The van der Waals surface area contributed by atoms with E-state index in [0.717, 1.165) is 16.1 Å². The highest BCUT2D eigenvalue weighted by molar-refractivity contribution is 7.13. The van der Waals surface area contributed by atoms with E-state index in [1.165, 1.54) is 11.3 Å². The van der Waals surface area contributed by atoms with Crippen molar-refractivity contribution >= 4 is 23.2 Å². The Morgan fingerprint density at radius 1 is 1.22 bits per heavy atom. The van der Waals surface area contributed by atoms with Crippen LogP contribution in [0.5, 0.6) is 0 Å². The topological polar surface area (TPSA) is 83.6 Å². The number of hydrogen-bond donors (Lipinski definition) is 1. The lowest BCUT2D eigenvalue weighted by Crippen LogP contribution is -2.31. The molecule has 2 atom stereocenters. The van der Waals surface area contributed by atoms with Crippen molar-refractivity contribution in [2.45, 2.75) is 12.3 Å². The van der Waals surface area contributed by atoms with Crippen LogP contribution >= 0.6 is 11.3 Å². The van der Waals surface area contributed by atoms with Gasteiger partial charge < -0.3 is 14.4 Å². The zero-order chi connectivity index (χ0) is 18.8. The summed E-state index contributed by atoms with van der Waals surface area (Å²) in [5.74, 6) is -1.74. The van der Waals surface area contributed by atoms with Crippen molar-refractivity contribution < 1.29 is 19.1 Å². The minimum Gasteiger partial charge on any atom is -0.481 e. The van der Waals surface area contributed by atoms with Gasteiger partial charge in [0.05, 0.1) is 24.3 Å². The van der Waals surface area contributed by atoms with Crippen LogP contribution in [0.15, 0.2) is 58.7 Å². The van der Waals surface area contributed by atoms with Crippen molar-refractivity contribution in [2.75, 3.05) is 13.1 Å². The van der Waals surface area contributed by atoms with Crippen LogP contribution in [-0.4, -0.2) is 40.0 Å². The number of amides is 1. The van der Waals surface area contributed by atoms with Gasteiger partial charge in [-0.15, -0.1) is 11.3 Å². The van der Waals surface area contributed by atoms with Crippen molar-refractivity contribution in [1.82, 2.24) is 9.88 Å². The van der Waals surface area contributed by atoms with Crippen molar-refractivity contribution in [3.8, 4) is 10.6 Å². The first kappa shape index (κ1) is 17.5. The van der Waals surface area contributed by atoms with E-state index in [1.807, 2.05) is 41.8 Å². The second-order valence-corrected chi connectivity index (χ2v) is 7.45. The van der Waals surface area contributed by atoms with E-state index in [2.05, 4.69) is 4.98 Å². The fourth-order valence-electron chi connectivity index (χ4n) is 3.47. The lowest BCUT2D eigenvalue weighted by atomic mass is 9.89. The summed E-state index contributed by atoms with van der Waals surface area (Å²) in [6, 6.07) is 11.4. The van der Waals surface area contributed by atoms with Crippen LogP contribution < -0.4 is 0 Å². The van der Waals surface area contributed by atoms with Gasteiger partial charge in [0.15, 0.2) is 0 Å². The monoisotopic (exact) mass is 382 g/mol. The summed E-state index contributed by atoms with van der Waals surface area (Å²) in [6.45, 7) is 0.644. The molecule has 1 saturated heterocycles. The number of carboxylic acids is 1. The molecule has 2 aromatic heterocycles. The van der Waals surface area contributed by atoms with Crippen molar-refractivity contribution in [1.29, 1.82) is 0 Å². The summed E-state index contributed by atoms with van der Waals surface area (Å²) < 4.78 is 5.06. The first-order valence-electron chi connectivity index (χ1n) is 8.64. The maximum absolute atomic E-state index is 12.7. The Hall–Kier alpha value is -2.93. The number of carboxylic acid groups (broad SMARTS) is 1. The van der Waals surface area contributed by atoms with Crippen molar-refractivity contribution in [3.05, 3.63) is 65.6 Å². The Balaban J connectivity index is 1.47. The van der Waals surface area contributed by atoms with Gasteiger partial charge in [-0.1, -0.05) is 30.3 Å². The molecule has 7 heteroatoms. The van der Waals surface area contributed by atoms with E-state index in [-0.39, 0.29) is 24.8 Å². The molecule has 0 saturated carbocycles. The van der Waals surface area contributed by atoms with Crippen LogP contribution in [0.4, 0.5) is 0 Å². The first-order chi connectivity index (χ1) is 13.1. The molecule has 1 N–H and O–H groups in total. The molecule has 1 fully saturated rings. The van der Waals surface area contributed by atoms with E-state index in [4.69, 9.17) is 4.42 Å². The fraction of sp³-hybridized carbons (Fsp3) is 0.250. The predicted molar refractivity (Wildman–Crippen MR) is 100 cm³/mol. The molecule has 4 rings (SSSR count). The van der Waals surface area contributed by atoms with Gasteiger partial charge in [-0.25, -0.2) is 4.98 Å². The molecule has 138 valence electrons. The molecule has 0 radical (unpaired) electrons. The lowest BCUT2D eigenvalue weighted by molar-refractivity contribution is -0.141. The minimum atomic E-state index is -0.866. The summed E-state index contributed by atoms with van der Waals surface area (Å²) in [7, 11) is 0. The molecule has 1 amide bonds. The highest BCUT2D eigenvalue weighted by atomic mass is 32.1. The van der Waals surface area contributed by atoms with Gasteiger partial charge in [-0.2, -0.15) is 0 Å². The van der Waals surface area contributed by atoms with Crippen LogP contribution in [0, 0.1) is 5.92 Å². The molecule has 3 aromatic rings. The van der Waals surface area contributed by atoms with E-state index >= 15 is 0 Å². The number of benzene rings is 1. The Bertz CT molecular complexity index is 936. The molecule has 3 heterocycles. The van der Waals surface area contributed by atoms with Crippen LogP contribution in [-0.2, 0) is 16.0 Å². The average molecular weight is 382 g/mol. The molecule has 0 spiro atoms. The molecule has 0 aliphatic carbocycles. The maximum Gasteiger partial charge on any atom is 0.308 e. The fourth-order valence-corrected chi connectivity index (χ4v) is 4.28. The third-order valence-corrected chi connectivity index (χ3v) is 5.81. The Morgan fingerprint density at radius 2 is 2.04 bits per heavy atom. The molecule has 6 nitrogen and oxygen atoms in total. The first-order valence-corrected chi connectivity index (χ1v) is 9.52. The Morgan fingerprint density at radius 3 is 2.74 bits per heavy atom. The number of aromatic nitrogens is 1. The third-order valence-electron chi connectivity index (χ3n) is 4.87. The summed E-state index contributed by atoms with van der Waals surface area (Å²) >= 11 is 1.46. The van der Waals surface area contributed by atoms with Gasteiger partial charge in [-0.3, -0.25) is 9.59 Å².